The Kier molecular flexibility index (Phi) is 2.34. The molecule has 0 amide bonds. The van der Waals surface area contributed by atoms with E-state index in [1.54, 1.807) is 0 Å². The summed E-state index contributed by atoms with van der Waals surface area (Å²) in [5.41, 5.74) is 0.548. The van der Waals surface area contributed by atoms with E-state index in [0.29, 0.717) is 12.0 Å². The smallest absolute Gasteiger partial charge is 0.337 e. The first-order chi connectivity index (χ1) is 8.13. The molecule has 3 aliphatic rings. The molecule has 5 nitrogen and oxygen atoms in total. The van der Waals surface area contributed by atoms with E-state index < -0.39 is 24.3 Å². The Morgan fingerprint density at radius 3 is 2.88 bits per heavy atom. The molecule has 4 atom stereocenters. The van der Waals surface area contributed by atoms with Gasteiger partial charge in [-0.25, -0.2) is 4.79 Å². The quantitative estimate of drug-likeness (QED) is 0.546. The molecule has 1 N–H and O–H groups in total. The number of fused-ring (bicyclic) bond motifs is 1. The van der Waals surface area contributed by atoms with Crippen LogP contribution in [0.5, 0.6) is 0 Å². The maximum absolute atomic E-state index is 11.9. The van der Waals surface area contributed by atoms with E-state index in [1.807, 2.05) is 6.92 Å². The van der Waals surface area contributed by atoms with Crippen LogP contribution in [0.4, 0.5) is 0 Å². The Hall–Kier alpha value is -1.20. The number of esters is 1. The standard InChI is InChI=1S/C12H14O5/c1-2-3-5-4-6-7(12(15)16-5)9(14)11-10(17-11)8(6)13/h5,9-11,14H,2-4H2,1H3. The number of ketones is 1. The molecule has 5 heteroatoms. The molecule has 0 saturated carbocycles. The highest BCUT2D eigenvalue weighted by Crippen LogP contribution is 2.42. The molecule has 2 aliphatic heterocycles. The average Bonchev–Trinajstić information content (AvgIpc) is 3.06. The summed E-state index contributed by atoms with van der Waals surface area (Å²) < 4.78 is 10.3. The van der Waals surface area contributed by atoms with Crippen molar-refractivity contribution in [2.45, 2.75) is 50.6 Å². The molecule has 3 rings (SSSR count). The predicted octanol–water partition coefficient (Wildman–Crippen LogP) is 0.110. The van der Waals surface area contributed by atoms with Gasteiger partial charge in [0.1, 0.15) is 24.4 Å². The van der Waals surface area contributed by atoms with Crippen LogP contribution in [0.1, 0.15) is 26.2 Å². The molecule has 92 valence electrons. The van der Waals surface area contributed by atoms with Gasteiger partial charge in [0, 0.05) is 12.0 Å². The molecule has 0 spiro atoms. The van der Waals surface area contributed by atoms with Gasteiger partial charge in [-0.1, -0.05) is 13.3 Å². The largest absolute Gasteiger partial charge is 0.459 e. The van der Waals surface area contributed by atoms with Crippen LogP contribution in [0.15, 0.2) is 11.1 Å². The SMILES string of the molecule is CCCC1CC2=C(C(=O)O1)C(O)C1OC1C2=O. The van der Waals surface area contributed by atoms with Crippen LogP contribution in [0.3, 0.4) is 0 Å². The predicted molar refractivity (Wildman–Crippen MR) is 56.1 cm³/mol. The lowest BCUT2D eigenvalue weighted by molar-refractivity contribution is -0.148. The Bertz CT molecular complexity index is 425. The topological polar surface area (TPSA) is 76.1 Å². The zero-order valence-electron chi connectivity index (χ0n) is 9.51. The first-order valence-corrected chi connectivity index (χ1v) is 5.95. The minimum absolute atomic E-state index is 0.126. The fraction of sp³-hybridized carbons (Fsp3) is 0.667. The minimum Gasteiger partial charge on any atom is -0.459 e. The van der Waals surface area contributed by atoms with Gasteiger partial charge in [-0.2, -0.15) is 0 Å². The Balaban J connectivity index is 1.94. The van der Waals surface area contributed by atoms with Crippen molar-refractivity contribution in [3.8, 4) is 0 Å². The number of rotatable bonds is 2. The molecule has 0 aromatic heterocycles. The monoisotopic (exact) mass is 238 g/mol. The van der Waals surface area contributed by atoms with Crippen molar-refractivity contribution in [2.24, 2.45) is 0 Å². The van der Waals surface area contributed by atoms with Gasteiger partial charge in [0.25, 0.3) is 0 Å². The van der Waals surface area contributed by atoms with E-state index >= 15 is 0 Å². The van der Waals surface area contributed by atoms with Gasteiger partial charge in [0.05, 0.1) is 5.57 Å². The molecule has 0 aromatic carbocycles. The van der Waals surface area contributed by atoms with Crippen LogP contribution in [0, 0.1) is 0 Å². The number of carbonyl (C=O) groups excluding carboxylic acids is 2. The maximum Gasteiger partial charge on any atom is 0.337 e. The van der Waals surface area contributed by atoms with Gasteiger partial charge in [-0.05, 0) is 6.42 Å². The summed E-state index contributed by atoms with van der Waals surface area (Å²) in [5, 5.41) is 9.88. The van der Waals surface area contributed by atoms with Crippen LogP contribution in [0.25, 0.3) is 0 Å². The minimum atomic E-state index is -0.997. The van der Waals surface area contributed by atoms with Crippen molar-refractivity contribution < 1.29 is 24.2 Å². The number of aliphatic hydroxyl groups excluding tert-OH is 1. The first kappa shape index (κ1) is 10.9. The van der Waals surface area contributed by atoms with Gasteiger partial charge in [0.15, 0.2) is 5.78 Å². The second kappa shape index (κ2) is 3.65. The first-order valence-electron chi connectivity index (χ1n) is 5.95. The third-order valence-electron chi connectivity index (χ3n) is 3.55. The lowest BCUT2D eigenvalue weighted by Gasteiger charge is -2.29. The van der Waals surface area contributed by atoms with Gasteiger partial charge in [-0.3, -0.25) is 4.79 Å². The summed E-state index contributed by atoms with van der Waals surface area (Å²) in [6.07, 6.45) is -0.258. The molecule has 0 radical (unpaired) electrons. The summed E-state index contributed by atoms with van der Waals surface area (Å²) >= 11 is 0. The summed E-state index contributed by atoms with van der Waals surface area (Å²) in [6, 6.07) is 0. The number of carbonyl (C=O) groups is 2. The van der Waals surface area contributed by atoms with Crippen molar-refractivity contribution in [3.05, 3.63) is 11.1 Å². The summed E-state index contributed by atoms with van der Waals surface area (Å²) in [4.78, 5) is 23.7. The van der Waals surface area contributed by atoms with E-state index in [0.717, 1.165) is 12.8 Å². The molecule has 1 saturated heterocycles. The van der Waals surface area contributed by atoms with E-state index in [4.69, 9.17) is 9.47 Å². The Morgan fingerprint density at radius 1 is 1.41 bits per heavy atom. The van der Waals surface area contributed by atoms with Crippen LogP contribution in [0.2, 0.25) is 0 Å². The fourth-order valence-electron chi connectivity index (χ4n) is 2.64. The molecule has 1 aliphatic carbocycles. The number of ether oxygens (including phenoxy) is 2. The highest BCUT2D eigenvalue weighted by molar-refractivity contribution is 6.10. The van der Waals surface area contributed by atoms with E-state index in [-0.39, 0.29) is 17.5 Å². The highest BCUT2D eigenvalue weighted by atomic mass is 16.6. The van der Waals surface area contributed by atoms with Crippen molar-refractivity contribution in [3.63, 3.8) is 0 Å². The average molecular weight is 238 g/mol. The number of hydrogen-bond acceptors (Lipinski definition) is 5. The molecular formula is C12H14O5. The van der Waals surface area contributed by atoms with Crippen LogP contribution < -0.4 is 0 Å². The molecule has 0 bridgehead atoms. The third-order valence-corrected chi connectivity index (χ3v) is 3.55. The molecule has 2 heterocycles. The van der Waals surface area contributed by atoms with Gasteiger partial charge >= 0.3 is 5.97 Å². The Morgan fingerprint density at radius 2 is 2.18 bits per heavy atom. The van der Waals surface area contributed by atoms with Gasteiger partial charge in [-0.15, -0.1) is 0 Å². The third kappa shape index (κ3) is 1.53. The van der Waals surface area contributed by atoms with Gasteiger partial charge in [0.2, 0.25) is 0 Å². The molecule has 1 fully saturated rings. The molecule has 4 unspecified atom stereocenters. The Labute approximate surface area is 98.4 Å². The summed E-state index contributed by atoms with van der Waals surface area (Å²) in [6.45, 7) is 2.00. The van der Waals surface area contributed by atoms with Crippen molar-refractivity contribution >= 4 is 11.8 Å². The zero-order chi connectivity index (χ0) is 12.2. The fourth-order valence-corrected chi connectivity index (χ4v) is 2.64. The number of epoxide rings is 1. The number of hydrogen-bond donors (Lipinski definition) is 1. The van der Waals surface area contributed by atoms with E-state index in [1.165, 1.54) is 0 Å². The lowest BCUT2D eigenvalue weighted by Crippen LogP contribution is -2.41. The summed E-state index contributed by atoms with van der Waals surface area (Å²) in [7, 11) is 0. The maximum atomic E-state index is 11.9. The van der Waals surface area contributed by atoms with Crippen molar-refractivity contribution in [2.75, 3.05) is 0 Å². The van der Waals surface area contributed by atoms with E-state index in [9.17, 15) is 14.7 Å². The number of aliphatic hydroxyl groups is 1. The number of Topliss-reactive ketones (excluding diaryl/α,β-unsaturated/α-hetero) is 1. The molecule has 17 heavy (non-hydrogen) atoms. The zero-order valence-corrected chi connectivity index (χ0v) is 9.51. The van der Waals surface area contributed by atoms with Gasteiger partial charge < -0.3 is 14.6 Å². The van der Waals surface area contributed by atoms with Crippen LogP contribution >= 0.6 is 0 Å². The van der Waals surface area contributed by atoms with Crippen LogP contribution in [-0.2, 0) is 19.1 Å². The van der Waals surface area contributed by atoms with E-state index in [2.05, 4.69) is 0 Å². The molecule has 0 aromatic rings. The normalized spacial score (nSPS) is 39.6. The van der Waals surface area contributed by atoms with Crippen molar-refractivity contribution in [1.29, 1.82) is 0 Å². The second-order valence-electron chi connectivity index (χ2n) is 4.74. The highest BCUT2D eigenvalue weighted by Gasteiger charge is 2.58. The van der Waals surface area contributed by atoms with Crippen molar-refractivity contribution in [1.82, 2.24) is 0 Å². The number of cyclic esters (lactones) is 1. The molecular weight excluding hydrogens is 224 g/mol. The summed E-state index contributed by atoms with van der Waals surface area (Å²) in [5.74, 6) is -0.701. The van der Waals surface area contributed by atoms with Crippen LogP contribution in [-0.4, -0.2) is 41.3 Å². The second-order valence-corrected chi connectivity index (χ2v) is 4.74. The lowest BCUT2D eigenvalue weighted by atomic mass is 9.83.